The zero-order valence-electron chi connectivity index (χ0n) is 12.6. The third kappa shape index (κ3) is 2.97. The van der Waals surface area contributed by atoms with E-state index in [1.54, 1.807) is 30.6 Å². The maximum absolute atomic E-state index is 11.2. The van der Waals surface area contributed by atoms with Gasteiger partial charge in [0.2, 0.25) is 5.91 Å². The van der Waals surface area contributed by atoms with Gasteiger partial charge in [0, 0.05) is 12.1 Å². The van der Waals surface area contributed by atoms with Crippen LogP contribution in [0.4, 0.5) is 0 Å². The maximum Gasteiger partial charge on any atom is 0.488 e. The Morgan fingerprint density at radius 2 is 2.04 bits per heavy atom. The molecule has 0 radical (unpaired) electrons. The van der Waals surface area contributed by atoms with Crippen LogP contribution in [0.25, 0.3) is 11.0 Å². The van der Waals surface area contributed by atoms with Crippen molar-refractivity contribution in [2.75, 3.05) is 0 Å². The number of carbonyl (C=O) groups is 1. The van der Waals surface area contributed by atoms with Crippen molar-refractivity contribution in [2.24, 2.45) is 5.73 Å². The summed E-state index contributed by atoms with van der Waals surface area (Å²) in [4.78, 5) is 15.5. The SMILES string of the molecule is Cc1cc(B(O)O)ccc1Cn1cnc2cc(C(N)=O)ccc21. The van der Waals surface area contributed by atoms with Crippen molar-refractivity contribution in [1.29, 1.82) is 0 Å². The first-order chi connectivity index (χ1) is 11.0. The van der Waals surface area contributed by atoms with Gasteiger partial charge >= 0.3 is 7.12 Å². The minimum atomic E-state index is -1.47. The summed E-state index contributed by atoms with van der Waals surface area (Å²) in [6.45, 7) is 2.52. The molecule has 3 aromatic rings. The molecule has 0 saturated carbocycles. The molecule has 3 rings (SSSR count). The van der Waals surface area contributed by atoms with Crippen molar-refractivity contribution in [3.8, 4) is 0 Å². The summed E-state index contributed by atoms with van der Waals surface area (Å²) in [5.41, 5.74) is 9.80. The van der Waals surface area contributed by atoms with E-state index in [1.165, 1.54) is 0 Å². The van der Waals surface area contributed by atoms with Gasteiger partial charge in [0.25, 0.3) is 0 Å². The molecule has 23 heavy (non-hydrogen) atoms. The van der Waals surface area contributed by atoms with Crippen LogP contribution in [-0.4, -0.2) is 32.6 Å². The molecule has 0 spiro atoms. The lowest BCUT2D eigenvalue weighted by molar-refractivity contribution is 0.100. The summed E-state index contributed by atoms with van der Waals surface area (Å²) in [5.74, 6) is -0.476. The molecule has 4 N–H and O–H groups in total. The quantitative estimate of drug-likeness (QED) is 0.598. The summed E-state index contributed by atoms with van der Waals surface area (Å²) in [6, 6.07) is 10.5. The van der Waals surface area contributed by atoms with E-state index < -0.39 is 13.0 Å². The number of aromatic nitrogens is 2. The van der Waals surface area contributed by atoms with Crippen molar-refractivity contribution in [3.05, 3.63) is 59.4 Å². The standard InChI is InChI=1S/C16H16BN3O3/c1-10-6-13(17(22)23)4-2-12(10)8-20-9-19-14-7-11(16(18)21)3-5-15(14)20/h2-7,9,22-23H,8H2,1H3,(H2,18,21). The highest BCUT2D eigenvalue weighted by Crippen LogP contribution is 2.17. The highest BCUT2D eigenvalue weighted by atomic mass is 16.4. The number of nitrogens with two attached hydrogens (primary N) is 1. The second-order valence-corrected chi connectivity index (χ2v) is 5.50. The minimum absolute atomic E-state index is 0.431. The highest BCUT2D eigenvalue weighted by Gasteiger charge is 2.13. The van der Waals surface area contributed by atoms with Crippen LogP contribution in [0, 0.1) is 6.92 Å². The van der Waals surface area contributed by atoms with Crippen molar-refractivity contribution in [1.82, 2.24) is 9.55 Å². The van der Waals surface area contributed by atoms with Gasteiger partial charge in [-0.1, -0.05) is 18.2 Å². The lowest BCUT2D eigenvalue weighted by atomic mass is 9.79. The molecule has 2 aromatic carbocycles. The number of nitrogens with zero attached hydrogens (tertiary/aromatic N) is 2. The zero-order chi connectivity index (χ0) is 16.6. The zero-order valence-corrected chi connectivity index (χ0v) is 12.6. The molecule has 1 amide bonds. The van der Waals surface area contributed by atoms with Gasteiger partial charge in [-0.2, -0.15) is 0 Å². The maximum atomic E-state index is 11.2. The van der Waals surface area contributed by atoms with E-state index in [9.17, 15) is 14.8 Å². The first-order valence-corrected chi connectivity index (χ1v) is 7.16. The Balaban J connectivity index is 1.94. The van der Waals surface area contributed by atoms with Crippen molar-refractivity contribution < 1.29 is 14.8 Å². The minimum Gasteiger partial charge on any atom is -0.423 e. The molecule has 0 aliphatic carbocycles. The second-order valence-electron chi connectivity index (χ2n) is 5.50. The first-order valence-electron chi connectivity index (χ1n) is 7.16. The Morgan fingerprint density at radius 1 is 1.26 bits per heavy atom. The summed E-state index contributed by atoms with van der Waals surface area (Å²) in [5, 5.41) is 18.4. The number of aryl methyl sites for hydroxylation is 1. The Kier molecular flexibility index (Phi) is 3.89. The molecular formula is C16H16BN3O3. The molecule has 6 nitrogen and oxygen atoms in total. The Bertz CT molecular complexity index is 889. The first kappa shape index (κ1) is 15.3. The number of primary amides is 1. The van der Waals surface area contributed by atoms with Crippen LogP contribution in [0.3, 0.4) is 0 Å². The van der Waals surface area contributed by atoms with Gasteiger partial charge in [-0.15, -0.1) is 0 Å². The van der Waals surface area contributed by atoms with Gasteiger partial charge in [-0.3, -0.25) is 4.79 Å². The second kappa shape index (κ2) is 5.87. The summed E-state index contributed by atoms with van der Waals surface area (Å²) in [7, 11) is -1.47. The topological polar surface area (TPSA) is 101 Å². The van der Waals surface area contributed by atoms with E-state index in [-0.39, 0.29) is 0 Å². The predicted octanol–water partition coefficient (Wildman–Crippen LogP) is 0.172. The van der Waals surface area contributed by atoms with Crippen LogP contribution in [0.15, 0.2) is 42.7 Å². The van der Waals surface area contributed by atoms with Gasteiger partial charge in [-0.05, 0) is 41.7 Å². The normalized spacial score (nSPS) is 10.9. The van der Waals surface area contributed by atoms with Gasteiger partial charge in [0.05, 0.1) is 17.4 Å². The van der Waals surface area contributed by atoms with Gasteiger partial charge in [-0.25, -0.2) is 4.98 Å². The number of fused-ring (bicyclic) bond motifs is 1. The lowest BCUT2D eigenvalue weighted by Gasteiger charge is -2.10. The monoisotopic (exact) mass is 309 g/mol. The van der Waals surface area contributed by atoms with E-state index in [2.05, 4.69) is 4.98 Å². The summed E-state index contributed by atoms with van der Waals surface area (Å²) >= 11 is 0. The fourth-order valence-electron chi connectivity index (χ4n) is 2.58. The molecule has 0 bridgehead atoms. The summed E-state index contributed by atoms with van der Waals surface area (Å²) < 4.78 is 1.97. The third-order valence-electron chi connectivity index (χ3n) is 3.91. The number of carbonyl (C=O) groups excluding carboxylic acids is 1. The van der Waals surface area contributed by atoms with Crippen LogP contribution in [0.1, 0.15) is 21.5 Å². The van der Waals surface area contributed by atoms with E-state index in [4.69, 9.17) is 5.73 Å². The largest absolute Gasteiger partial charge is 0.488 e. The molecule has 0 aliphatic heterocycles. The molecule has 7 heteroatoms. The van der Waals surface area contributed by atoms with Crippen LogP contribution in [-0.2, 0) is 6.54 Å². The number of rotatable bonds is 4. The number of imidazole rings is 1. The van der Waals surface area contributed by atoms with E-state index in [0.717, 1.165) is 16.6 Å². The number of amides is 1. The molecule has 1 aromatic heterocycles. The Hall–Kier alpha value is -2.64. The van der Waals surface area contributed by atoms with Crippen molar-refractivity contribution >= 4 is 29.5 Å². The van der Waals surface area contributed by atoms with Crippen molar-refractivity contribution in [3.63, 3.8) is 0 Å². The van der Waals surface area contributed by atoms with Crippen LogP contribution < -0.4 is 11.2 Å². The van der Waals surface area contributed by atoms with Crippen molar-refractivity contribution in [2.45, 2.75) is 13.5 Å². The lowest BCUT2D eigenvalue weighted by Crippen LogP contribution is -2.30. The molecule has 0 unspecified atom stereocenters. The Labute approximate surface area is 133 Å². The highest BCUT2D eigenvalue weighted by molar-refractivity contribution is 6.58. The average Bonchev–Trinajstić information content (AvgIpc) is 2.91. The van der Waals surface area contributed by atoms with Crippen LogP contribution in [0.2, 0.25) is 0 Å². The average molecular weight is 309 g/mol. The van der Waals surface area contributed by atoms with Gasteiger partial charge in [0.1, 0.15) is 0 Å². The fourth-order valence-corrected chi connectivity index (χ4v) is 2.58. The van der Waals surface area contributed by atoms with E-state index in [0.29, 0.717) is 23.1 Å². The number of hydrogen-bond donors (Lipinski definition) is 3. The Morgan fingerprint density at radius 3 is 2.70 bits per heavy atom. The van der Waals surface area contributed by atoms with Crippen LogP contribution >= 0.6 is 0 Å². The van der Waals surface area contributed by atoms with E-state index >= 15 is 0 Å². The van der Waals surface area contributed by atoms with Gasteiger partial charge in [0.15, 0.2) is 0 Å². The van der Waals surface area contributed by atoms with E-state index in [1.807, 2.05) is 23.6 Å². The molecule has 116 valence electrons. The molecule has 0 atom stereocenters. The number of benzene rings is 2. The molecular weight excluding hydrogens is 293 g/mol. The molecule has 0 fully saturated rings. The smallest absolute Gasteiger partial charge is 0.423 e. The molecule has 0 saturated heterocycles. The summed E-state index contributed by atoms with van der Waals surface area (Å²) in [6.07, 6.45) is 1.71. The van der Waals surface area contributed by atoms with Crippen LogP contribution in [0.5, 0.6) is 0 Å². The predicted molar refractivity (Wildman–Crippen MR) is 88.4 cm³/mol. The molecule has 0 aliphatic rings. The third-order valence-corrected chi connectivity index (χ3v) is 3.91. The van der Waals surface area contributed by atoms with Gasteiger partial charge < -0.3 is 20.3 Å². The fraction of sp³-hybridized carbons (Fsp3) is 0.125. The number of hydrogen-bond acceptors (Lipinski definition) is 4. The molecule has 1 heterocycles.